The van der Waals surface area contributed by atoms with Crippen molar-refractivity contribution in [3.05, 3.63) is 218 Å². The second-order valence-corrected chi connectivity index (χ2v) is 21.8. The fraction of sp³-hybridized carbons (Fsp3) is 0. The lowest BCUT2D eigenvalue weighted by atomic mass is 10.1. The van der Waals surface area contributed by atoms with E-state index < -0.39 is 16.1 Å². The normalized spacial score (nSPS) is 11.9. The highest BCUT2D eigenvalue weighted by molar-refractivity contribution is 7.29. The van der Waals surface area contributed by atoms with Gasteiger partial charge in [-0.3, -0.25) is 0 Å². The van der Waals surface area contributed by atoms with Crippen LogP contribution < -0.4 is 41.5 Å². The Hall–Kier alpha value is -5.59. The molecule has 0 unspecified atom stereocenters. The lowest BCUT2D eigenvalue weighted by molar-refractivity contribution is 1.67. The van der Waals surface area contributed by atoms with E-state index in [1.165, 1.54) is 61.7 Å². The smallest absolute Gasteiger partial charge is 0.135 e. The van der Waals surface area contributed by atoms with Crippen molar-refractivity contribution in [2.75, 3.05) is 0 Å². The van der Waals surface area contributed by atoms with Crippen molar-refractivity contribution < 1.29 is 0 Å². The third-order valence-corrected chi connectivity index (χ3v) is 21.6. The van der Waals surface area contributed by atoms with Gasteiger partial charge in [0.05, 0.1) is 0 Å². The molecular weight excluding hydrogens is 665 g/mol. The van der Waals surface area contributed by atoms with Gasteiger partial charge in [-0.2, -0.15) is 0 Å². The van der Waals surface area contributed by atoms with Gasteiger partial charge >= 0.3 is 0 Å². The van der Waals surface area contributed by atoms with Gasteiger partial charge in [-0.1, -0.05) is 206 Å². The van der Waals surface area contributed by atoms with Gasteiger partial charge < -0.3 is 0 Å². The lowest BCUT2D eigenvalue weighted by Gasteiger charge is -2.42. The van der Waals surface area contributed by atoms with E-state index in [0.717, 1.165) is 0 Å². The molecule has 0 amide bonds. The predicted octanol–water partition coefficient (Wildman–Crippen LogP) is 6.81. The molecule has 0 saturated carbocycles. The summed E-state index contributed by atoms with van der Waals surface area (Å²) in [5, 5.41) is 13.9. The first kappa shape index (κ1) is 31.4. The molecular formula is C48H36SSi2. The Morgan fingerprint density at radius 2 is 0.549 bits per heavy atom. The Bertz CT molecular complexity index is 2360. The standard InChI is InChI=1S/C48H36SSi2/c1-7-21-37(22-8-1)50(38-23-9-2-10-24-38,39-25-11-3-12-26-39)47-35-44-43-33-19-20-34-45(43)49-46(44)36-48(47)51(40-27-13-4-14-28-40,41-29-15-5-16-30-41)42-31-17-6-18-32-42/h1-36H. The van der Waals surface area contributed by atoms with Crippen LogP contribution in [0, 0.1) is 0 Å². The summed E-state index contributed by atoms with van der Waals surface area (Å²) in [6.45, 7) is 0. The molecule has 0 aliphatic heterocycles. The fourth-order valence-corrected chi connectivity index (χ4v) is 20.5. The summed E-state index contributed by atoms with van der Waals surface area (Å²) in [4.78, 5) is 0. The molecule has 0 atom stereocenters. The summed E-state index contributed by atoms with van der Waals surface area (Å²) in [7, 11) is -5.97. The highest BCUT2D eigenvalue weighted by Gasteiger charge is 2.50. The Morgan fingerprint density at radius 1 is 0.255 bits per heavy atom. The number of fused-ring (bicyclic) bond motifs is 3. The molecule has 9 aromatic rings. The van der Waals surface area contributed by atoms with E-state index in [2.05, 4.69) is 218 Å². The number of thiophene rings is 1. The molecule has 0 nitrogen and oxygen atoms in total. The van der Waals surface area contributed by atoms with Crippen LogP contribution in [-0.4, -0.2) is 16.1 Å². The molecule has 242 valence electrons. The summed E-state index contributed by atoms with van der Waals surface area (Å²) >= 11 is 1.92. The number of rotatable bonds is 8. The number of hydrogen-bond donors (Lipinski definition) is 0. The first-order valence-corrected chi connectivity index (χ1v) is 22.4. The van der Waals surface area contributed by atoms with Gasteiger partial charge in [-0.05, 0) is 53.6 Å². The van der Waals surface area contributed by atoms with E-state index in [1.807, 2.05) is 11.3 Å². The molecule has 9 rings (SSSR count). The average molecular weight is 701 g/mol. The number of benzene rings is 8. The Labute approximate surface area is 306 Å². The van der Waals surface area contributed by atoms with E-state index in [4.69, 9.17) is 0 Å². The van der Waals surface area contributed by atoms with Crippen molar-refractivity contribution in [3.8, 4) is 0 Å². The minimum Gasteiger partial charge on any atom is -0.135 e. The van der Waals surface area contributed by atoms with Gasteiger partial charge in [0.25, 0.3) is 0 Å². The quantitative estimate of drug-likeness (QED) is 0.121. The zero-order valence-corrected chi connectivity index (χ0v) is 31.0. The maximum atomic E-state index is 2.64. The van der Waals surface area contributed by atoms with Crippen LogP contribution in [0.5, 0.6) is 0 Å². The molecule has 1 heterocycles. The van der Waals surface area contributed by atoms with Gasteiger partial charge in [-0.15, -0.1) is 11.3 Å². The van der Waals surface area contributed by atoms with Gasteiger partial charge in [0.15, 0.2) is 16.1 Å². The first-order valence-electron chi connectivity index (χ1n) is 17.6. The molecule has 0 bridgehead atoms. The van der Waals surface area contributed by atoms with Gasteiger partial charge in [0, 0.05) is 20.2 Å². The van der Waals surface area contributed by atoms with Crippen LogP contribution >= 0.6 is 11.3 Å². The first-order chi connectivity index (χ1) is 25.3. The highest BCUT2D eigenvalue weighted by Crippen LogP contribution is 2.33. The van der Waals surface area contributed by atoms with Crippen molar-refractivity contribution in [2.24, 2.45) is 0 Å². The van der Waals surface area contributed by atoms with Crippen LogP contribution in [0.25, 0.3) is 20.2 Å². The molecule has 0 spiro atoms. The van der Waals surface area contributed by atoms with E-state index >= 15 is 0 Å². The minimum atomic E-state index is -2.99. The Balaban J connectivity index is 1.58. The fourth-order valence-electron chi connectivity index (χ4n) is 8.45. The van der Waals surface area contributed by atoms with Gasteiger partial charge in [0.1, 0.15) is 0 Å². The van der Waals surface area contributed by atoms with Crippen LogP contribution in [0.3, 0.4) is 0 Å². The van der Waals surface area contributed by atoms with Crippen molar-refractivity contribution in [1.29, 1.82) is 0 Å². The lowest BCUT2D eigenvalue weighted by Crippen LogP contribution is -2.84. The second-order valence-electron chi connectivity index (χ2n) is 13.2. The molecule has 51 heavy (non-hydrogen) atoms. The zero-order chi connectivity index (χ0) is 34.1. The Morgan fingerprint density at radius 3 is 0.902 bits per heavy atom. The monoisotopic (exact) mass is 700 g/mol. The van der Waals surface area contributed by atoms with Crippen molar-refractivity contribution in [3.63, 3.8) is 0 Å². The van der Waals surface area contributed by atoms with Gasteiger partial charge in [0.2, 0.25) is 0 Å². The zero-order valence-electron chi connectivity index (χ0n) is 28.2. The van der Waals surface area contributed by atoms with Crippen LogP contribution in [0.15, 0.2) is 218 Å². The minimum absolute atomic E-state index is 1.33. The molecule has 0 fully saturated rings. The average Bonchev–Trinajstić information content (AvgIpc) is 3.59. The van der Waals surface area contributed by atoms with E-state index in [0.29, 0.717) is 0 Å². The van der Waals surface area contributed by atoms with Crippen LogP contribution in [0.1, 0.15) is 0 Å². The molecule has 8 aromatic carbocycles. The molecule has 0 saturated heterocycles. The third kappa shape index (κ3) is 5.08. The van der Waals surface area contributed by atoms with Crippen LogP contribution in [0.2, 0.25) is 0 Å². The Kier molecular flexibility index (Phi) is 8.17. The molecule has 0 radical (unpaired) electrons. The van der Waals surface area contributed by atoms with E-state index in [-0.39, 0.29) is 0 Å². The summed E-state index contributed by atoms with van der Waals surface area (Å²) in [6, 6.07) is 82.7. The molecule has 1 aromatic heterocycles. The maximum absolute atomic E-state index is 2.99. The summed E-state index contributed by atoms with van der Waals surface area (Å²) < 4.78 is 2.67. The third-order valence-electron chi connectivity index (χ3n) is 10.6. The molecule has 0 N–H and O–H groups in total. The van der Waals surface area contributed by atoms with Crippen LogP contribution in [0.4, 0.5) is 0 Å². The predicted molar refractivity (Wildman–Crippen MR) is 227 cm³/mol. The SMILES string of the molecule is c1ccc([Si](c2ccccc2)(c2ccccc2)c2cc3sc4ccccc4c3cc2[Si](c2ccccc2)(c2ccccc2)c2ccccc2)cc1. The van der Waals surface area contributed by atoms with Crippen LogP contribution in [-0.2, 0) is 0 Å². The van der Waals surface area contributed by atoms with Crippen molar-refractivity contribution >= 4 is 89.2 Å². The summed E-state index contributed by atoms with van der Waals surface area (Å²) in [6.07, 6.45) is 0. The summed E-state index contributed by atoms with van der Waals surface area (Å²) in [5.74, 6) is 0. The van der Waals surface area contributed by atoms with Gasteiger partial charge in [-0.25, -0.2) is 0 Å². The van der Waals surface area contributed by atoms with E-state index in [1.54, 1.807) is 0 Å². The van der Waals surface area contributed by atoms with E-state index in [9.17, 15) is 0 Å². The highest BCUT2D eigenvalue weighted by atomic mass is 32.1. The largest absolute Gasteiger partial charge is 0.179 e. The molecule has 0 aliphatic carbocycles. The molecule has 3 heteroatoms. The second kappa shape index (κ2) is 13.3. The maximum Gasteiger partial charge on any atom is 0.179 e. The molecule has 0 aliphatic rings. The number of hydrogen-bond acceptors (Lipinski definition) is 1. The van der Waals surface area contributed by atoms with Crippen molar-refractivity contribution in [1.82, 2.24) is 0 Å². The summed E-state index contributed by atoms with van der Waals surface area (Å²) in [5.41, 5.74) is 0. The topological polar surface area (TPSA) is 0 Å². The van der Waals surface area contributed by atoms with Crippen molar-refractivity contribution in [2.45, 2.75) is 0 Å².